The highest BCUT2D eigenvalue weighted by atomic mass is 19.4. The number of halogens is 3. The summed E-state index contributed by atoms with van der Waals surface area (Å²) in [5.74, 6) is -0.00658. The number of alkyl halides is 3. The second kappa shape index (κ2) is 8.87. The summed E-state index contributed by atoms with van der Waals surface area (Å²) in [5.41, 5.74) is -0.609. The van der Waals surface area contributed by atoms with E-state index < -0.39 is 22.8 Å². The maximum Gasteiger partial charge on any atom is 0.417 e. The molecule has 1 saturated heterocycles. The largest absolute Gasteiger partial charge is 0.417 e. The zero-order valence-electron chi connectivity index (χ0n) is 18.5. The molecule has 1 aliphatic carbocycles. The molecular weight excluding hydrogens is 441 g/mol. The van der Waals surface area contributed by atoms with E-state index in [0.29, 0.717) is 25.1 Å². The van der Waals surface area contributed by atoms with Crippen molar-refractivity contribution in [3.05, 3.63) is 71.6 Å². The molecule has 0 bridgehead atoms. The van der Waals surface area contributed by atoms with Gasteiger partial charge >= 0.3 is 6.18 Å². The summed E-state index contributed by atoms with van der Waals surface area (Å²) in [6.07, 6.45) is 0.0765. The van der Waals surface area contributed by atoms with Crippen LogP contribution in [-0.2, 0) is 17.4 Å². The van der Waals surface area contributed by atoms with E-state index in [1.54, 1.807) is 6.07 Å². The molecule has 0 radical (unpaired) electrons. The Labute approximate surface area is 196 Å². The van der Waals surface area contributed by atoms with Crippen molar-refractivity contribution >= 4 is 17.3 Å². The quantitative estimate of drug-likeness (QED) is 0.504. The van der Waals surface area contributed by atoms with Crippen LogP contribution in [0.1, 0.15) is 55.2 Å². The molecule has 0 unspecified atom stereocenters. The number of anilines is 2. The lowest BCUT2D eigenvalue weighted by Gasteiger charge is -2.33. The maximum absolute atomic E-state index is 13.7. The van der Waals surface area contributed by atoms with Gasteiger partial charge in [-0.25, -0.2) is 0 Å². The number of carbonyl (C=O) groups is 1. The molecular formula is C26H23F3N4O. The topological polar surface area (TPSA) is 71.1 Å². The molecule has 1 aliphatic heterocycles. The van der Waals surface area contributed by atoms with Crippen LogP contribution in [0.5, 0.6) is 0 Å². The molecule has 0 aromatic heterocycles. The monoisotopic (exact) mass is 464 g/mol. The van der Waals surface area contributed by atoms with Crippen molar-refractivity contribution in [2.75, 3.05) is 9.80 Å². The van der Waals surface area contributed by atoms with Gasteiger partial charge in [0.15, 0.2) is 0 Å². The van der Waals surface area contributed by atoms with E-state index >= 15 is 0 Å². The van der Waals surface area contributed by atoms with Crippen molar-refractivity contribution in [3.63, 3.8) is 0 Å². The summed E-state index contributed by atoms with van der Waals surface area (Å²) in [6.45, 7) is 4.11. The number of amides is 1. The molecule has 2 aliphatic rings. The first-order valence-corrected chi connectivity index (χ1v) is 11.1. The van der Waals surface area contributed by atoms with Crippen LogP contribution < -0.4 is 9.80 Å². The number of carbonyl (C=O) groups excluding carboxylic acids is 1. The second-order valence-electron chi connectivity index (χ2n) is 8.65. The molecule has 1 saturated carbocycles. The number of unbranched alkanes of at least 4 members (excludes halogenated alkanes) is 1. The summed E-state index contributed by atoms with van der Waals surface area (Å²) >= 11 is 0. The fourth-order valence-electron chi connectivity index (χ4n) is 5.01. The molecule has 2 aromatic carbocycles. The summed E-state index contributed by atoms with van der Waals surface area (Å²) in [4.78, 5) is 16.8. The Bertz CT molecular complexity index is 1200. The number of aryl methyl sites for hydroxylation is 1. The molecule has 8 heteroatoms. The number of hydrogen-bond acceptors (Lipinski definition) is 4. The van der Waals surface area contributed by atoms with Gasteiger partial charge < -0.3 is 4.90 Å². The third-order valence-electron chi connectivity index (χ3n) is 6.61. The van der Waals surface area contributed by atoms with Gasteiger partial charge in [-0.3, -0.25) is 9.69 Å². The van der Waals surface area contributed by atoms with Crippen molar-refractivity contribution < 1.29 is 18.0 Å². The lowest BCUT2D eigenvalue weighted by Crippen LogP contribution is -2.46. The van der Waals surface area contributed by atoms with E-state index in [1.165, 1.54) is 11.0 Å². The predicted molar refractivity (Wildman–Crippen MR) is 121 cm³/mol. The Morgan fingerprint density at radius 1 is 1.03 bits per heavy atom. The molecule has 174 valence electrons. The van der Waals surface area contributed by atoms with Crippen molar-refractivity contribution in [2.45, 2.75) is 56.7 Å². The van der Waals surface area contributed by atoms with Gasteiger partial charge in [0.05, 0.1) is 29.0 Å². The molecule has 34 heavy (non-hydrogen) atoms. The molecule has 4 rings (SSSR count). The van der Waals surface area contributed by atoms with Gasteiger partial charge in [0.1, 0.15) is 11.4 Å². The van der Waals surface area contributed by atoms with Crippen LogP contribution in [0.3, 0.4) is 0 Å². The third kappa shape index (κ3) is 3.90. The predicted octanol–water partition coefficient (Wildman–Crippen LogP) is 6.06. The lowest BCUT2D eigenvalue weighted by atomic mass is 9.94. The Kier molecular flexibility index (Phi) is 6.10. The first-order chi connectivity index (χ1) is 16.2. The van der Waals surface area contributed by atoms with E-state index in [-0.39, 0.29) is 11.6 Å². The van der Waals surface area contributed by atoms with Gasteiger partial charge in [-0.1, -0.05) is 31.6 Å². The summed E-state index contributed by atoms with van der Waals surface area (Å²) in [5, 5.41) is 17.9. The van der Waals surface area contributed by atoms with Crippen molar-refractivity contribution in [2.24, 2.45) is 0 Å². The average molecular weight is 464 g/mol. The highest BCUT2D eigenvalue weighted by Gasteiger charge is 2.56. The third-order valence-corrected chi connectivity index (χ3v) is 6.61. The summed E-state index contributed by atoms with van der Waals surface area (Å²) < 4.78 is 40.7. The smallest absolute Gasteiger partial charge is 0.313 e. The average Bonchev–Trinajstić information content (AvgIpc) is 3.37. The van der Waals surface area contributed by atoms with Crippen molar-refractivity contribution in [1.29, 1.82) is 10.5 Å². The van der Waals surface area contributed by atoms with Crippen LogP contribution in [-0.4, -0.2) is 11.4 Å². The number of nitriles is 2. The van der Waals surface area contributed by atoms with E-state index in [1.807, 2.05) is 29.2 Å². The van der Waals surface area contributed by atoms with Crippen LogP contribution in [0.4, 0.5) is 24.5 Å². The Hall–Kier alpha value is -3.78. The molecule has 5 nitrogen and oxygen atoms in total. The van der Waals surface area contributed by atoms with E-state index in [0.717, 1.165) is 49.1 Å². The lowest BCUT2D eigenvalue weighted by molar-refractivity contribution is -0.137. The van der Waals surface area contributed by atoms with Crippen molar-refractivity contribution in [1.82, 2.24) is 0 Å². The minimum atomic E-state index is -4.72. The zero-order chi connectivity index (χ0) is 24.5. The minimum Gasteiger partial charge on any atom is -0.313 e. The zero-order valence-corrected chi connectivity index (χ0v) is 18.5. The highest BCUT2D eigenvalue weighted by molar-refractivity contribution is 6.10. The molecule has 1 heterocycles. The van der Waals surface area contributed by atoms with E-state index in [2.05, 4.69) is 12.6 Å². The van der Waals surface area contributed by atoms with Gasteiger partial charge in [-0.05, 0) is 61.6 Å². The van der Waals surface area contributed by atoms with Gasteiger partial charge in [0.25, 0.3) is 5.91 Å². The number of nitrogens with zero attached hydrogens (tertiary/aromatic N) is 4. The Balaban J connectivity index is 1.73. The maximum atomic E-state index is 13.7. The van der Waals surface area contributed by atoms with Crippen LogP contribution in [0.2, 0.25) is 0 Å². The molecule has 2 fully saturated rings. The first kappa shape index (κ1) is 23.4. The van der Waals surface area contributed by atoms with E-state index in [9.17, 15) is 18.0 Å². The summed E-state index contributed by atoms with van der Waals surface area (Å²) in [7, 11) is 0. The van der Waals surface area contributed by atoms with Gasteiger partial charge in [-0.15, -0.1) is 0 Å². The van der Waals surface area contributed by atoms with Crippen LogP contribution >= 0.6 is 0 Å². The molecule has 0 atom stereocenters. The number of hydrogen-bond donors (Lipinski definition) is 0. The summed E-state index contributed by atoms with van der Waals surface area (Å²) in [6, 6.07) is 14.7. The van der Waals surface area contributed by atoms with Crippen LogP contribution in [0, 0.1) is 22.7 Å². The van der Waals surface area contributed by atoms with E-state index in [4.69, 9.17) is 10.5 Å². The fraction of sp³-hybridized carbons (Fsp3) is 0.346. The molecule has 1 spiro atoms. The normalized spacial score (nSPS) is 17.3. The second-order valence-corrected chi connectivity index (χ2v) is 8.65. The highest BCUT2D eigenvalue weighted by Crippen LogP contribution is 2.49. The van der Waals surface area contributed by atoms with Gasteiger partial charge in [0.2, 0.25) is 0 Å². The Morgan fingerprint density at radius 2 is 1.68 bits per heavy atom. The fourth-order valence-corrected chi connectivity index (χ4v) is 5.01. The molecule has 0 N–H and O–H groups in total. The molecule has 1 amide bonds. The van der Waals surface area contributed by atoms with Gasteiger partial charge in [0, 0.05) is 12.1 Å². The van der Waals surface area contributed by atoms with Crippen LogP contribution in [0.25, 0.3) is 0 Å². The molecule has 2 aromatic rings. The number of benzene rings is 2. The number of rotatable bonds is 5. The Morgan fingerprint density at radius 3 is 2.26 bits per heavy atom. The van der Waals surface area contributed by atoms with Gasteiger partial charge in [-0.2, -0.15) is 23.7 Å². The first-order valence-electron chi connectivity index (χ1n) is 11.1. The standard InChI is InChI=1S/C26H23F3N4O/c1-18-32(22-12-9-20(17-31)23(16-22)26(27,28)29)24(34)25(13-3-4-14-25)33(18)21-10-7-19(8-11-21)6-2-5-15-30/h7-12,16H,1-6,13-14H2. The minimum absolute atomic E-state index is 0.0447. The van der Waals surface area contributed by atoms with Crippen LogP contribution in [0.15, 0.2) is 54.9 Å². The van der Waals surface area contributed by atoms with Crippen molar-refractivity contribution in [3.8, 4) is 12.1 Å². The SMILES string of the molecule is C=C1N(c2ccc(C#N)c(C(F)(F)F)c2)C(=O)C2(CCCC2)N1c1ccc(CCCC#N)cc1.